The van der Waals surface area contributed by atoms with Crippen LogP contribution in [0.2, 0.25) is 0 Å². The first-order valence-corrected chi connectivity index (χ1v) is 6.74. The summed E-state index contributed by atoms with van der Waals surface area (Å²) in [5, 5.41) is 3.66. The fourth-order valence-corrected chi connectivity index (χ4v) is 2.96. The van der Waals surface area contributed by atoms with Gasteiger partial charge in [0, 0.05) is 25.2 Å². The highest BCUT2D eigenvalue weighted by Gasteiger charge is 2.38. The topological polar surface area (TPSA) is 47.3 Å². The maximum atomic E-state index is 6.17. The Kier molecular flexibility index (Phi) is 3.88. The largest absolute Gasteiger partial charge is 0.378 e. The fraction of sp³-hybridized carbons (Fsp3) is 1.00. The van der Waals surface area contributed by atoms with Gasteiger partial charge in [0.15, 0.2) is 0 Å². The van der Waals surface area contributed by atoms with Crippen LogP contribution in [0.5, 0.6) is 0 Å². The Balaban J connectivity index is 1.65. The molecule has 0 aliphatic heterocycles. The average molecular weight is 226 g/mol. The van der Waals surface area contributed by atoms with Gasteiger partial charge in [-0.15, -0.1) is 0 Å². The molecule has 94 valence electrons. The van der Waals surface area contributed by atoms with E-state index < -0.39 is 0 Å². The van der Waals surface area contributed by atoms with E-state index >= 15 is 0 Å². The van der Waals surface area contributed by atoms with Crippen molar-refractivity contribution in [1.82, 2.24) is 5.32 Å². The van der Waals surface area contributed by atoms with Crippen LogP contribution in [0.25, 0.3) is 0 Å². The van der Waals surface area contributed by atoms with Crippen LogP contribution in [0.4, 0.5) is 0 Å². The Hall–Kier alpha value is -0.120. The third-order valence-electron chi connectivity index (χ3n) is 4.45. The van der Waals surface area contributed by atoms with Crippen molar-refractivity contribution in [2.75, 3.05) is 13.2 Å². The molecule has 0 aromatic carbocycles. The first kappa shape index (κ1) is 12.3. The minimum Gasteiger partial charge on any atom is -0.378 e. The fourth-order valence-electron chi connectivity index (χ4n) is 2.96. The molecule has 0 heterocycles. The van der Waals surface area contributed by atoms with Gasteiger partial charge < -0.3 is 15.8 Å². The molecule has 0 amide bonds. The number of nitrogens with one attached hydrogen (secondary N) is 1. The van der Waals surface area contributed by atoms with E-state index in [1.54, 1.807) is 0 Å². The second kappa shape index (κ2) is 5.03. The van der Waals surface area contributed by atoms with Crippen LogP contribution >= 0.6 is 0 Å². The lowest BCUT2D eigenvalue weighted by molar-refractivity contribution is -0.0121. The molecule has 2 aliphatic rings. The van der Waals surface area contributed by atoms with Crippen LogP contribution in [-0.2, 0) is 4.74 Å². The van der Waals surface area contributed by atoms with Gasteiger partial charge in [-0.2, -0.15) is 0 Å². The van der Waals surface area contributed by atoms with Gasteiger partial charge in [-0.05, 0) is 38.0 Å². The SMILES string of the molecule is CCOC1CC(NCC2(C)CCCC2N)C1. The van der Waals surface area contributed by atoms with Gasteiger partial charge in [-0.25, -0.2) is 0 Å². The second-order valence-corrected chi connectivity index (χ2v) is 5.78. The highest BCUT2D eigenvalue weighted by Crippen LogP contribution is 2.36. The lowest BCUT2D eigenvalue weighted by atomic mass is 9.83. The lowest BCUT2D eigenvalue weighted by Gasteiger charge is -2.39. The first-order chi connectivity index (χ1) is 7.64. The molecule has 3 N–H and O–H groups in total. The minimum atomic E-state index is 0.330. The summed E-state index contributed by atoms with van der Waals surface area (Å²) >= 11 is 0. The first-order valence-electron chi connectivity index (χ1n) is 6.74. The van der Waals surface area contributed by atoms with E-state index in [1.165, 1.54) is 32.1 Å². The van der Waals surface area contributed by atoms with Crippen molar-refractivity contribution in [1.29, 1.82) is 0 Å². The monoisotopic (exact) mass is 226 g/mol. The summed E-state index contributed by atoms with van der Waals surface area (Å²) in [4.78, 5) is 0. The van der Waals surface area contributed by atoms with Gasteiger partial charge in [0.25, 0.3) is 0 Å². The number of nitrogens with two attached hydrogens (primary N) is 1. The van der Waals surface area contributed by atoms with Crippen molar-refractivity contribution in [2.24, 2.45) is 11.1 Å². The number of rotatable bonds is 5. The predicted molar refractivity (Wildman–Crippen MR) is 66.4 cm³/mol. The predicted octanol–water partition coefficient (Wildman–Crippen LogP) is 1.66. The van der Waals surface area contributed by atoms with E-state index in [1.807, 2.05) is 0 Å². The third-order valence-corrected chi connectivity index (χ3v) is 4.45. The molecular weight excluding hydrogens is 200 g/mol. The Labute approximate surface area is 99.1 Å². The van der Waals surface area contributed by atoms with Gasteiger partial charge in [0.1, 0.15) is 0 Å². The van der Waals surface area contributed by atoms with Gasteiger partial charge >= 0.3 is 0 Å². The van der Waals surface area contributed by atoms with E-state index in [0.717, 1.165) is 13.2 Å². The lowest BCUT2D eigenvalue weighted by Crippen LogP contribution is -2.51. The Bertz CT molecular complexity index is 228. The third kappa shape index (κ3) is 2.58. The zero-order valence-electron chi connectivity index (χ0n) is 10.7. The second-order valence-electron chi connectivity index (χ2n) is 5.78. The van der Waals surface area contributed by atoms with Gasteiger partial charge in [0.2, 0.25) is 0 Å². The van der Waals surface area contributed by atoms with Crippen LogP contribution < -0.4 is 11.1 Å². The van der Waals surface area contributed by atoms with Crippen LogP contribution in [0, 0.1) is 5.41 Å². The summed E-state index contributed by atoms with van der Waals surface area (Å²) in [6.07, 6.45) is 6.64. The standard InChI is InChI=1S/C13H26N2O/c1-3-16-11-7-10(8-11)15-9-13(2)6-4-5-12(13)14/h10-12,15H,3-9,14H2,1-2H3. The van der Waals surface area contributed by atoms with E-state index in [4.69, 9.17) is 10.5 Å². The van der Waals surface area contributed by atoms with Crippen molar-refractivity contribution in [3.05, 3.63) is 0 Å². The molecule has 2 unspecified atom stereocenters. The smallest absolute Gasteiger partial charge is 0.0604 e. The van der Waals surface area contributed by atoms with Gasteiger partial charge in [-0.1, -0.05) is 13.3 Å². The molecule has 2 saturated carbocycles. The van der Waals surface area contributed by atoms with Gasteiger partial charge in [0.05, 0.1) is 6.10 Å². The molecule has 2 atom stereocenters. The number of hydrogen-bond donors (Lipinski definition) is 2. The molecule has 0 aromatic heterocycles. The van der Waals surface area contributed by atoms with Crippen molar-refractivity contribution >= 4 is 0 Å². The number of ether oxygens (including phenoxy) is 1. The molecule has 16 heavy (non-hydrogen) atoms. The molecule has 3 nitrogen and oxygen atoms in total. The van der Waals surface area contributed by atoms with Crippen molar-refractivity contribution < 1.29 is 4.74 Å². The van der Waals surface area contributed by atoms with E-state index in [-0.39, 0.29) is 0 Å². The molecule has 0 radical (unpaired) electrons. The maximum absolute atomic E-state index is 6.17. The summed E-state index contributed by atoms with van der Waals surface area (Å²) in [5.41, 5.74) is 6.50. The molecule has 2 fully saturated rings. The van der Waals surface area contributed by atoms with Gasteiger partial charge in [-0.3, -0.25) is 0 Å². The minimum absolute atomic E-state index is 0.330. The summed E-state index contributed by atoms with van der Waals surface area (Å²) in [7, 11) is 0. The highest BCUT2D eigenvalue weighted by atomic mass is 16.5. The molecule has 0 bridgehead atoms. The summed E-state index contributed by atoms with van der Waals surface area (Å²) < 4.78 is 5.56. The molecule has 3 heteroatoms. The average Bonchev–Trinajstić information content (AvgIpc) is 2.51. The molecule has 0 saturated heterocycles. The van der Waals surface area contributed by atoms with Crippen LogP contribution in [-0.4, -0.2) is 31.3 Å². The molecule has 2 aliphatic carbocycles. The summed E-state index contributed by atoms with van der Waals surface area (Å²) in [6, 6.07) is 1.06. The zero-order valence-corrected chi connectivity index (χ0v) is 10.7. The van der Waals surface area contributed by atoms with Crippen LogP contribution in [0.3, 0.4) is 0 Å². The molecule has 0 aromatic rings. The van der Waals surface area contributed by atoms with E-state index in [0.29, 0.717) is 23.6 Å². The Morgan fingerprint density at radius 3 is 2.75 bits per heavy atom. The molecule has 2 rings (SSSR count). The van der Waals surface area contributed by atoms with E-state index in [9.17, 15) is 0 Å². The maximum Gasteiger partial charge on any atom is 0.0604 e. The normalized spacial score (nSPS) is 43.3. The van der Waals surface area contributed by atoms with Crippen molar-refractivity contribution in [3.8, 4) is 0 Å². The van der Waals surface area contributed by atoms with E-state index in [2.05, 4.69) is 19.2 Å². The Morgan fingerprint density at radius 1 is 1.44 bits per heavy atom. The van der Waals surface area contributed by atoms with Crippen molar-refractivity contribution in [2.45, 2.75) is 64.1 Å². The van der Waals surface area contributed by atoms with Crippen LogP contribution in [0.15, 0.2) is 0 Å². The molecule has 0 spiro atoms. The van der Waals surface area contributed by atoms with Crippen molar-refractivity contribution in [3.63, 3.8) is 0 Å². The number of hydrogen-bond acceptors (Lipinski definition) is 3. The summed E-state index contributed by atoms with van der Waals surface area (Å²) in [5.74, 6) is 0. The summed E-state index contributed by atoms with van der Waals surface area (Å²) in [6.45, 7) is 6.33. The molecular formula is C13H26N2O. The van der Waals surface area contributed by atoms with Crippen LogP contribution in [0.1, 0.15) is 46.0 Å². The highest BCUT2D eigenvalue weighted by molar-refractivity contribution is 4.95. The zero-order chi connectivity index (χ0) is 11.6. The quantitative estimate of drug-likeness (QED) is 0.749. The Morgan fingerprint density at radius 2 is 2.19 bits per heavy atom.